The highest BCUT2D eigenvalue weighted by atomic mass is 35.5. The molecular weight excluding hydrogens is 483 g/mol. The quantitative estimate of drug-likeness (QED) is 0.640. The fraction of sp³-hybridized carbons (Fsp3) is 0.565. The highest BCUT2D eigenvalue weighted by molar-refractivity contribution is 6.32. The van der Waals surface area contributed by atoms with E-state index in [4.69, 9.17) is 11.6 Å². The molecule has 3 saturated heterocycles. The van der Waals surface area contributed by atoms with Gasteiger partial charge in [-0.3, -0.25) is 9.78 Å². The molecule has 35 heavy (non-hydrogen) atoms. The second-order valence-electron chi connectivity index (χ2n) is 9.49. The molecule has 5 rings (SSSR count). The van der Waals surface area contributed by atoms with E-state index < -0.39 is 12.1 Å². The van der Waals surface area contributed by atoms with E-state index >= 15 is 0 Å². The van der Waals surface area contributed by atoms with Crippen molar-refractivity contribution in [1.29, 1.82) is 0 Å². The second-order valence-corrected chi connectivity index (χ2v) is 9.89. The van der Waals surface area contributed by atoms with Crippen molar-refractivity contribution in [2.24, 2.45) is 11.3 Å². The molecule has 1 amide bonds. The normalized spacial score (nSPS) is 22.6. The smallest absolute Gasteiger partial charge is 0.355 e. The predicted molar refractivity (Wildman–Crippen MR) is 127 cm³/mol. The zero-order chi connectivity index (χ0) is 24.6. The van der Waals surface area contributed by atoms with E-state index in [0.717, 1.165) is 32.4 Å². The molecule has 0 bridgehead atoms. The van der Waals surface area contributed by atoms with Crippen LogP contribution in [0.4, 0.5) is 36.3 Å². The minimum absolute atomic E-state index is 0.0965. The molecule has 2 aromatic rings. The SMILES string of the molecule is O=C1N(c2cncc(Nc3ncc(Cl)c(N4CCC[C@@H](C(F)(F)F)C4)n3)c2)CCC12CCNCC2. The van der Waals surface area contributed by atoms with E-state index in [9.17, 15) is 18.0 Å². The lowest BCUT2D eigenvalue weighted by Crippen LogP contribution is -2.42. The molecule has 2 aromatic heterocycles. The van der Waals surface area contributed by atoms with Gasteiger partial charge in [0.15, 0.2) is 5.82 Å². The molecule has 0 aliphatic carbocycles. The number of carbonyl (C=O) groups excluding carboxylic acids is 1. The van der Waals surface area contributed by atoms with Crippen LogP contribution < -0.4 is 20.4 Å². The van der Waals surface area contributed by atoms with Crippen molar-refractivity contribution in [2.75, 3.05) is 47.8 Å². The van der Waals surface area contributed by atoms with Crippen LogP contribution in [0.2, 0.25) is 5.02 Å². The first-order chi connectivity index (χ1) is 16.7. The highest BCUT2D eigenvalue weighted by Crippen LogP contribution is 2.42. The molecule has 8 nitrogen and oxygen atoms in total. The topological polar surface area (TPSA) is 86.3 Å². The maximum atomic E-state index is 13.3. The predicted octanol–water partition coefficient (Wildman–Crippen LogP) is 4.15. The molecule has 0 radical (unpaired) electrons. The monoisotopic (exact) mass is 509 g/mol. The average Bonchev–Trinajstić information content (AvgIpc) is 3.15. The summed E-state index contributed by atoms with van der Waals surface area (Å²) in [6, 6.07) is 1.81. The van der Waals surface area contributed by atoms with Gasteiger partial charge in [0.1, 0.15) is 5.02 Å². The summed E-state index contributed by atoms with van der Waals surface area (Å²) in [7, 11) is 0. The van der Waals surface area contributed by atoms with Gasteiger partial charge in [0.25, 0.3) is 0 Å². The number of hydrogen-bond donors (Lipinski definition) is 2. The molecule has 3 fully saturated rings. The lowest BCUT2D eigenvalue weighted by molar-refractivity contribution is -0.176. The summed E-state index contributed by atoms with van der Waals surface area (Å²) in [4.78, 5) is 29.4. The van der Waals surface area contributed by atoms with Crippen LogP contribution in [0.5, 0.6) is 0 Å². The first-order valence-corrected chi connectivity index (χ1v) is 12.2. The number of anilines is 4. The van der Waals surface area contributed by atoms with Crippen molar-refractivity contribution in [1.82, 2.24) is 20.3 Å². The van der Waals surface area contributed by atoms with Crippen LogP contribution >= 0.6 is 11.6 Å². The summed E-state index contributed by atoms with van der Waals surface area (Å²) in [5.74, 6) is -0.821. The first kappa shape index (κ1) is 24.1. The number of aromatic nitrogens is 3. The van der Waals surface area contributed by atoms with Gasteiger partial charge in [-0.15, -0.1) is 0 Å². The third-order valence-corrected chi connectivity index (χ3v) is 7.54. The molecular formula is C23H27ClF3N7O. The van der Waals surface area contributed by atoms with Gasteiger partial charge in [0.05, 0.1) is 41.3 Å². The van der Waals surface area contributed by atoms with Crippen molar-refractivity contribution in [3.05, 3.63) is 29.7 Å². The highest BCUT2D eigenvalue weighted by Gasteiger charge is 2.47. The zero-order valence-corrected chi connectivity index (χ0v) is 19.9. The van der Waals surface area contributed by atoms with Crippen LogP contribution in [0.15, 0.2) is 24.7 Å². The van der Waals surface area contributed by atoms with E-state index in [-0.39, 0.29) is 41.1 Å². The number of piperidine rings is 2. The number of rotatable bonds is 4. The van der Waals surface area contributed by atoms with E-state index in [1.54, 1.807) is 22.2 Å². The molecule has 1 spiro atoms. The van der Waals surface area contributed by atoms with Crippen molar-refractivity contribution in [2.45, 2.75) is 38.3 Å². The van der Waals surface area contributed by atoms with E-state index in [1.807, 2.05) is 6.07 Å². The Balaban J connectivity index is 1.32. The first-order valence-electron chi connectivity index (χ1n) is 11.8. The van der Waals surface area contributed by atoms with E-state index in [1.165, 1.54) is 6.20 Å². The fourth-order valence-electron chi connectivity index (χ4n) is 5.29. The number of nitrogens with one attached hydrogen (secondary N) is 2. The molecule has 0 aromatic carbocycles. The summed E-state index contributed by atoms with van der Waals surface area (Å²) in [5.41, 5.74) is 0.960. The van der Waals surface area contributed by atoms with Crippen LogP contribution in [0.25, 0.3) is 0 Å². The van der Waals surface area contributed by atoms with Crippen LogP contribution in [0.1, 0.15) is 32.1 Å². The summed E-state index contributed by atoms with van der Waals surface area (Å²) in [6.45, 7) is 2.58. The number of pyridine rings is 1. The Kier molecular flexibility index (Phi) is 6.47. The molecule has 3 aliphatic heterocycles. The lowest BCUT2D eigenvalue weighted by atomic mass is 9.78. The standard InChI is InChI=1S/C23H27ClF3N7O/c24-18-13-30-21(32-19(18)33-8-1-2-15(14-33)23(25,26)27)31-16-10-17(12-29-11-16)34-9-5-22(20(34)35)3-6-28-7-4-22/h10-13,15,28H,1-9,14H2,(H,30,31,32)/t15-/m1/s1. The van der Waals surface area contributed by atoms with E-state index in [0.29, 0.717) is 30.9 Å². The summed E-state index contributed by atoms with van der Waals surface area (Å²) < 4.78 is 39.8. The zero-order valence-electron chi connectivity index (χ0n) is 19.1. The molecule has 1 atom stereocenters. The Morgan fingerprint density at radius 1 is 1.14 bits per heavy atom. The Bertz CT molecular complexity index is 1090. The number of hydrogen-bond acceptors (Lipinski definition) is 7. The summed E-state index contributed by atoms with van der Waals surface area (Å²) in [5, 5.41) is 6.57. The molecule has 3 aliphatic rings. The Hall–Kier alpha value is -2.66. The fourth-order valence-corrected chi connectivity index (χ4v) is 5.50. The van der Waals surface area contributed by atoms with Gasteiger partial charge in [-0.1, -0.05) is 11.6 Å². The Labute approximate surface area is 206 Å². The third kappa shape index (κ3) is 4.88. The lowest BCUT2D eigenvalue weighted by Gasteiger charge is -2.34. The Morgan fingerprint density at radius 3 is 2.71 bits per heavy atom. The molecule has 0 unspecified atom stereocenters. The van der Waals surface area contributed by atoms with Crippen LogP contribution in [0.3, 0.4) is 0 Å². The molecule has 5 heterocycles. The van der Waals surface area contributed by atoms with Crippen molar-refractivity contribution >= 4 is 40.6 Å². The third-order valence-electron chi connectivity index (χ3n) is 7.27. The maximum absolute atomic E-state index is 13.3. The molecule has 2 N–H and O–H groups in total. The molecule has 0 saturated carbocycles. The number of amides is 1. The average molecular weight is 510 g/mol. The summed E-state index contributed by atoms with van der Waals surface area (Å²) >= 11 is 6.26. The van der Waals surface area contributed by atoms with Gasteiger partial charge < -0.3 is 20.4 Å². The maximum Gasteiger partial charge on any atom is 0.393 e. The largest absolute Gasteiger partial charge is 0.393 e. The van der Waals surface area contributed by atoms with Gasteiger partial charge >= 0.3 is 6.18 Å². The van der Waals surface area contributed by atoms with Crippen LogP contribution in [-0.2, 0) is 4.79 Å². The number of alkyl halides is 3. The van der Waals surface area contributed by atoms with Crippen molar-refractivity contribution < 1.29 is 18.0 Å². The molecule has 12 heteroatoms. The van der Waals surface area contributed by atoms with Gasteiger partial charge in [-0.05, 0) is 51.3 Å². The minimum atomic E-state index is -4.26. The van der Waals surface area contributed by atoms with Crippen LogP contribution in [-0.4, -0.2) is 59.8 Å². The van der Waals surface area contributed by atoms with Gasteiger partial charge in [0.2, 0.25) is 11.9 Å². The van der Waals surface area contributed by atoms with Crippen LogP contribution in [0, 0.1) is 11.3 Å². The number of carbonyl (C=O) groups is 1. The van der Waals surface area contributed by atoms with Crippen molar-refractivity contribution in [3.8, 4) is 0 Å². The van der Waals surface area contributed by atoms with Crippen molar-refractivity contribution in [3.63, 3.8) is 0 Å². The Morgan fingerprint density at radius 2 is 1.94 bits per heavy atom. The van der Waals surface area contributed by atoms with Gasteiger partial charge in [0, 0.05) is 19.6 Å². The second kappa shape index (κ2) is 9.42. The van der Waals surface area contributed by atoms with Gasteiger partial charge in [-0.25, -0.2) is 4.98 Å². The summed E-state index contributed by atoms with van der Waals surface area (Å²) in [6.07, 6.45) is 3.35. The van der Waals surface area contributed by atoms with Gasteiger partial charge in [-0.2, -0.15) is 18.2 Å². The number of halogens is 4. The minimum Gasteiger partial charge on any atom is -0.355 e. The molecule has 188 valence electrons. The van der Waals surface area contributed by atoms with E-state index in [2.05, 4.69) is 25.6 Å². The number of nitrogens with zero attached hydrogens (tertiary/aromatic N) is 5.